The van der Waals surface area contributed by atoms with Gasteiger partial charge in [-0.1, -0.05) is 40.5 Å². The maximum absolute atomic E-state index is 2.36. The van der Waals surface area contributed by atoms with Crippen LogP contribution in [0.25, 0.3) is 0 Å². The van der Waals surface area contributed by atoms with E-state index in [0.717, 1.165) is 18.4 Å². The molecule has 0 aliphatic heterocycles. The summed E-state index contributed by atoms with van der Waals surface area (Å²) >= 11 is 0. The van der Waals surface area contributed by atoms with Gasteiger partial charge in [-0.2, -0.15) is 0 Å². The predicted molar refractivity (Wildman–Crippen MR) is 71.8 cm³/mol. The van der Waals surface area contributed by atoms with Gasteiger partial charge in [0, 0.05) is 18.9 Å². The molecule has 1 nitrogen and oxygen atoms in total. The van der Waals surface area contributed by atoms with Crippen LogP contribution in [0.15, 0.2) is 18.5 Å². The number of hydrogen-bond donors (Lipinski definition) is 0. The summed E-state index contributed by atoms with van der Waals surface area (Å²) in [7, 11) is 0. The van der Waals surface area contributed by atoms with E-state index in [9.17, 15) is 0 Å². The zero-order chi connectivity index (χ0) is 12.0. The molecular weight excluding hydrogens is 194 g/mol. The van der Waals surface area contributed by atoms with E-state index in [1.165, 1.54) is 25.7 Å². The molecule has 0 bridgehead atoms. The maximum atomic E-state index is 2.36. The van der Waals surface area contributed by atoms with Gasteiger partial charge in [0.2, 0.25) is 0 Å². The monoisotopic (exact) mass is 221 g/mol. The van der Waals surface area contributed by atoms with Crippen LogP contribution in [0.3, 0.4) is 0 Å². The Balaban J connectivity index is 2.65. The average molecular weight is 221 g/mol. The van der Waals surface area contributed by atoms with Crippen molar-refractivity contribution in [1.29, 1.82) is 0 Å². The first-order valence-electron chi connectivity index (χ1n) is 6.83. The highest BCUT2D eigenvalue weighted by Gasteiger charge is 2.11. The van der Waals surface area contributed by atoms with Crippen molar-refractivity contribution >= 4 is 0 Å². The lowest BCUT2D eigenvalue weighted by molar-refractivity contribution is 0.519. The molecule has 0 aliphatic carbocycles. The Morgan fingerprint density at radius 1 is 1.12 bits per heavy atom. The van der Waals surface area contributed by atoms with E-state index in [1.54, 1.807) is 5.56 Å². The molecule has 1 aromatic rings. The fourth-order valence-electron chi connectivity index (χ4n) is 2.41. The summed E-state index contributed by atoms with van der Waals surface area (Å²) in [4.78, 5) is 0. The summed E-state index contributed by atoms with van der Waals surface area (Å²) in [5, 5.41) is 0. The van der Waals surface area contributed by atoms with Crippen molar-refractivity contribution in [3.63, 3.8) is 0 Å². The Morgan fingerprint density at radius 2 is 1.75 bits per heavy atom. The third kappa shape index (κ3) is 4.03. The standard InChI is InChI=1S/C15H27N/c1-5-7-14(8-6-2)15-9-10-16(12-15)11-13(3)4/h9-10,12-14H,5-8,11H2,1-4H3. The van der Waals surface area contributed by atoms with Crippen LogP contribution >= 0.6 is 0 Å². The van der Waals surface area contributed by atoms with Crippen LogP contribution in [0.5, 0.6) is 0 Å². The minimum atomic E-state index is 0.732. The molecule has 92 valence electrons. The van der Waals surface area contributed by atoms with Crippen LogP contribution in [-0.2, 0) is 6.54 Å². The van der Waals surface area contributed by atoms with Gasteiger partial charge in [-0.25, -0.2) is 0 Å². The van der Waals surface area contributed by atoms with E-state index < -0.39 is 0 Å². The second-order valence-electron chi connectivity index (χ2n) is 5.31. The van der Waals surface area contributed by atoms with Crippen LogP contribution in [0.4, 0.5) is 0 Å². The second kappa shape index (κ2) is 6.78. The normalized spacial score (nSPS) is 11.6. The predicted octanol–water partition coefficient (Wildman–Crippen LogP) is 4.83. The lowest BCUT2D eigenvalue weighted by Gasteiger charge is -2.13. The molecule has 0 aromatic carbocycles. The molecule has 0 fully saturated rings. The van der Waals surface area contributed by atoms with E-state index in [0.29, 0.717) is 0 Å². The third-order valence-corrected chi connectivity index (χ3v) is 3.10. The van der Waals surface area contributed by atoms with Gasteiger partial charge in [-0.3, -0.25) is 0 Å². The van der Waals surface area contributed by atoms with Gasteiger partial charge in [0.05, 0.1) is 0 Å². The van der Waals surface area contributed by atoms with Crippen LogP contribution in [0.2, 0.25) is 0 Å². The first kappa shape index (κ1) is 13.3. The highest BCUT2D eigenvalue weighted by molar-refractivity contribution is 5.16. The van der Waals surface area contributed by atoms with E-state index in [-0.39, 0.29) is 0 Å². The molecule has 0 atom stereocenters. The minimum absolute atomic E-state index is 0.732. The quantitative estimate of drug-likeness (QED) is 0.621. The zero-order valence-corrected chi connectivity index (χ0v) is 11.4. The van der Waals surface area contributed by atoms with Gasteiger partial charge in [-0.15, -0.1) is 0 Å². The molecule has 1 aromatic heterocycles. The lowest BCUT2D eigenvalue weighted by Crippen LogP contribution is -2.02. The summed E-state index contributed by atoms with van der Waals surface area (Å²) in [6, 6.07) is 2.32. The van der Waals surface area contributed by atoms with E-state index >= 15 is 0 Å². The molecule has 0 saturated heterocycles. The van der Waals surface area contributed by atoms with Gasteiger partial charge in [0.25, 0.3) is 0 Å². The van der Waals surface area contributed by atoms with Crippen molar-refractivity contribution in [2.24, 2.45) is 5.92 Å². The molecular formula is C15H27N. The molecule has 0 unspecified atom stereocenters. The Hall–Kier alpha value is -0.720. The summed E-state index contributed by atoms with van der Waals surface area (Å²) < 4.78 is 2.35. The van der Waals surface area contributed by atoms with Crippen molar-refractivity contribution in [3.05, 3.63) is 24.0 Å². The highest BCUT2D eigenvalue weighted by Crippen LogP contribution is 2.26. The van der Waals surface area contributed by atoms with Crippen molar-refractivity contribution < 1.29 is 0 Å². The Bertz CT molecular complexity index is 279. The zero-order valence-electron chi connectivity index (χ0n) is 11.4. The van der Waals surface area contributed by atoms with Gasteiger partial charge in [0.1, 0.15) is 0 Å². The number of hydrogen-bond acceptors (Lipinski definition) is 0. The van der Waals surface area contributed by atoms with E-state index in [4.69, 9.17) is 0 Å². The summed E-state index contributed by atoms with van der Waals surface area (Å²) in [5.74, 6) is 1.51. The van der Waals surface area contributed by atoms with Crippen LogP contribution < -0.4 is 0 Å². The average Bonchev–Trinajstić information content (AvgIpc) is 2.65. The smallest absolute Gasteiger partial charge is 0.0242 e. The SMILES string of the molecule is CCCC(CCC)c1ccn(CC(C)C)c1. The van der Waals surface area contributed by atoms with E-state index in [2.05, 4.69) is 50.7 Å². The van der Waals surface area contributed by atoms with Crippen LogP contribution in [-0.4, -0.2) is 4.57 Å². The lowest BCUT2D eigenvalue weighted by atomic mass is 9.92. The van der Waals surface area contributed by atoms with Gasteiger partial charge >= 0.3 is 0 Å². The van der Waals surface area contributed by atoms with Crippen molar-refractivity contribution in [2.45, 2.75) is 65.8 Å². The maximum Gasteiger partial charge on any atom is 0.0242 e. The van der Waals surface area contributed by atoms with Crippen molar-refractivity contribution in [3.8, 4) is 0 Å². The molecule has 0 amide bonds. The minimum Gasteiger partial charge on any atom is -0.354 e. The number of aromatic nitrogens is 1. The van der Waals surface area contributed by atoms with Gasteiger partial charge in [0.15, 0.2) is 0 Å². The number of nitrogens with zero attached hydrogens (tertiary/aromatic N) is 1. The van der Waals surface area contributed by atoms with E-state index in [1.807, 2.05) is 0 Å². The largest absolute Gasteiger partial charge is 0.354 e. The van der Waals surface area contributed by atoms with Crippen LogP contribution in [0, 0.1) is 5.92 Å². The molecule has 1 heterocycles. The fraction of sp³-hybridized carbons (Fsp3) is 0.733. The molecule has 0 aliphatic rings. The summed E-state index contributed by atoms with van der Waals surface area (Å²) in [5.41, 5.74) is 1.55. The Kier molecular flexibility index (Phi) is 5.65. The van der Waals surface area contributed by atoms with Crippen LogP contribution in [0.1, 0.15) is 64.9 Å². The van der Waals surface area contributed by atoms with Crippen molar-refractivity contribution in [2.75, 3.05) is 0 Å². The third-order valence-electron chi connectivity index (χ3n) is 3.10. The Morgan fingerprint density at radius 3 is 2.25 bits per heavy atom. The summed E-state index contributed by atoms with van der Waals surface area (Å²) in [6.07, 6.45) is 9.85. The molecule has 0 radical (unpaired) electrons. The second-order valence-corrected chi connectivity index (χ2v) is 5.31. The molecule has 0 saturated carbocycles. The summed E-state index contributed by atoms with van der Waals surface area (Å²) in [6.45, 7) is 10.3. The molecule has 1 heteroatoms. The first-order valence-corrected chi connectivity index (χ1v) is 6.83. The fourth-order valence-corrected chi connectivity index (χ4v) is 2.41. The molecule has 1 rings (SSSR count). The van der Waals surface area contributed by atoms with Gasteiger partial charge in [-0.05, 0) is 36.3 Å². The molecule has 0 spiro atoms. The molecule has 0 N–H and O–H groups in total. The Labute approximate surface area is 101 Å². The topological polar surface area (TPSA) is 4.93 Å². The highest BCUT2D eigenvalue weighted by atomic mass is 14.9. The number of rotatable bonds is 7. The van der Waals surface area contributed by atoms with Gasteiger partial charge < -0.3 is 4.57 Å². The van der Waals surface area contributed by atoms with Crippen molar-refractivity contribution in [1.82, 2.24) is 4.57 Å². The first-order chi connectivity index (χ1) is 7.67. The molecule has 16 heavy (non-hydrogen) atoms.